The molecule has 6 heteroatoms. The van der Waals surface area contributed by atoms with Crippen LogP contribution >= 0.6 is 23.1 Å². The molecule has 68 valence electrons. The van der Waals surface area contributed by atoms with E-state index in [4.69, 9.17) is 10.7 Å². The van der Waals surface area contributed by atoms with Crippen molar-refractivity contribution in [2.75, 3.05) is 0 Å². The van der Waals surface area contributed by atoms with E-state index < -0.39 is 9.05 Å². The van der Waals surface area contributed by atoms with Crippen LogP contribution in [0.15, 0.2) is 23.4 Å². The predicted molar refractivity (Wildman–Crippen MR) is 49.3 cm³/mol. The Morgan fingerprint density at radius 3 is 2.33 bits per heavy atom. The molecule has 1 heterocycles. The molecule has 0 fully saturated rings. The van der Waals surface area contributed by atoms with E-state index in [1.807, 2.05) is 6.92 Å². The third kappa shape index (κ3) is 2.97. The highest BCUT2D eigenvalue weighted by Crippen LogP contribution is 2.10. The monoisotopic (exact) mass is 227 g/mol. The number of nitrogens with zero attached hydrogens (tertiary/aromatic N) is 1. The first kappa shape index (κ1) is 11.7. The second-order valence-corrected chi connectivity index (χ2v) is 4.62. The molecular weight excluding hydrogens is 221 g/mol. The lowest BCUT2D eigenvalue weighted by Crippen LogP contribution is -1.93. The zero-order valence-corrected chi connectivity index (χ0v) is 8.58. The van der Waals surface area contributed by atoms with Crippen LogP contribution in [0.5, 0.6) is 0 Å². The van der Waals surface area contributed by atoms with Crippen molar-refractivity contribution in [3.05, 3.63) is 23.9 Å². The van der Waals surface area contributed by atoms with Crippen molar-refractivity contribution >= 4 is 32.1 Å². The second kappa shape index (κ2) is 4.07. The van der Waals surface area contributed by atoms with E-state index in [0.29, 0.717) is 0 Å². The van der Waals surface area contributed by atoms with Gasteiger partial charge in [0.25, 0.3) is 9.05 Å². The fraction of sp³-hybridized carbons (Fsp3) is 0.167. The highest BCUT2D eigenvalue weighted by Gasteiger charge is 2.09. The minimum atomic E-state index is -3.66. The summed E-state index contributed by atoms with van der Waals surface area (Å²) in [6.45, 7) is 1.82. The normalized spacial score (nSPS) is 10.5. The summed E-state index contributed by atoms with van der Waals surface area (Å²) in [4.78, 5) is 3.63. The van der Waals surface area contributed by atoms with Crippen LogP contribution in [0, 0.1) is 6.92 Å². The van der Waals surface area contributed by atoms with Gasteiger partial charge in [-0.15, -0.1) is 12.4 Å². The van der Waals surface area contributed by atoms with Gasteiger partial charge in [0, 0.05) is 16.9 Å². The summed E-state index contributed by atoms with van der Waals surface area (Å²) >= 11 is 0. The molecule has 0 atom stereocenters. The quantitative estimate of drug-likeness (QED) is 0.688. The van der Waals surface area contributed by atoms with Gasteiger partial charge in [-0.3, -0.25) is 0 Å². The zero-order valence-electron chi connectivity index (χ0n) is 6.19. The molecule has 0 radical (unpaired) electrons. The summed E-state index contributed by atoms with van der Waals surface area (Å²) in [6.07, 6.45) is 1.45. The number of hydrogen-bond acceptors (Lipinski definition) is 3. The molecule has 0 aliphatic carbocycles. The highest BCUT2D eigenvalue weighted by atomic mass is 35.7. The van der Waals surface area contributed by atoms with E-state index >= 15 is 0 Å². The summed E-state index contributed by atoms with van der Waals surface area (Å²) in [7, 11) is 1.36. The predicted octanol–water partition coefficient (Wildman–Crippen LogP) is 1.74. The third-order valence-electron chi connectivity index (χ3n) is 1.13. The largest absolute Gasteiger partial charge is 0.278 e. The van der Waals surface area contributed by atoms with Gasteiger partial charge in [0.15, 0.2) is 5.03 Å². The number of aryl methyl sites for hydroxylation is 1. The summed E-state index contributed by atoms with van der Waals surface area (Å²) in [5.74, 6) is 0. The Morgan fingerprint density at radius 1 is 1.42 bits per heavy atom. The lowest BCUT2D eigenvalue weighted by Gasteiger charge is -1.93. The number of halogens is 2. The van der Waals surface area contributed by atoms with Crippen LogP contribution in [0.3, 0.4) is 0 Å². The summed E-state index contributed by atoms with van der Waals surface area (Å²) < 4.78 is 21.3. The van der Waals surface area contributed by atoms with Crippen LogP contribution in [0.1, 0.15) is 5.56 Å². The van der Waals surface area contributed by atoms with Crippen molar-refractivity contribution in [1.29, 1.82) is 0 Å². The van der Waals surface area contributed by atoms with Crippen molar-refractivity contribution in [2.24, 2.45) is 0 Å². The number of pyridine rings is 1. The van der Waals surface area contributed by atoms with Gasteiger partial charge in [0.2, 0.25) is 0 Å². The van der Waals surface area contributed by atoms with Crippen molar-refractivity contribution in [1.82, 2.24) is 4.98 Å². The molecule has 0 spiro atoms. The van der Waals surface area contributed by atoms with Crippen LogP contribution < -0.4 is 0 Å². The van der Waals surface area contributed by atoms with Crippen molar-refractivity contribution in [3.8, 4) is 0 Å². The van der Waals surface area contributed by atoms with E-state index in [2.05, 4.69) is 4.98 Å². The molecule has 1 rings (SSSR count). The molecule has 0 amide bonds. The molecule has 0 aliphatic heterocycles. The molecule has 0 N–H and O–H groups in total. The Hall–Kier alpha value is -0.320. The molecule has 0 unspecified atom stereocenters. The standard InChI is InChI=1S/C6H6ClNO2S.ClH/c1-5-2-3-6(8-4-5)11(7,9)10;/h2-4H,1H3;1H. The molecular formula is C6H7Cl2NO2S. The van der Waals surface area contributed by atoms with Gasteiger partial charge >= 0.3 is 0 Å². The van der Waals surface area contributed by atoms with Gasteiger partial charge < -0.3 is 0 Å². The van der Waals surface area contributed by atoms with Gasteiger partial charge in [-0.1, -0.05) is 6.07 Å². The maximum atomic E-state index is 10.6. The first-order valence-electron chi connectivity index (χ1n) is 2.87. The lowest BCUT2D eigenvalue weighted by atomic mass is 10.3. The van der Waals surface area contributed by atoms with Crippen LogP contribution in [0.25, 0.3) is 0 Å². The second-order valence-electron chi connectivity index (χ2n) is 2.11. The zero-order chi connectivity index (χ0) is 8.48. The average molecular weight is 228 g/mol. The smallest absolute Gasteiger partial charge is 0.243 e. The lowest BCUT2D eigenvalue weighted by molar-refractivity contribution is 0.606. The molecule has 1 aromatic rings. The SMILES string of the molecule is Cc1ccc(S(=O)(=O)Cl)nc1.Cl. The van der Waals surface area contributed by atoms with Gasteiger partial charge in [-0.05, 0) is 18.6 Å². The average Bonchev–Trinajstić information content (AvgIpc) is 1.86. The minimum Gasteiger partial charge on any atom is -0.243 e. The molecule has 1 aromatic heterocycles. The third-order valence-corrected chi connectivity index (χ3v) is 2.35. The van der Waals surface area contributed by atoms with E-state index in [0.717, 1.165) is 5.56 Å². The molecule has 0 bridgehead atoms. The maximum absolute atomic E-state index is 10.6. The Morgan fingerprint density at radius 2 is 2.00 bits per heavy atom. The van der Waals surface area contributed by atoms with Gasteiger partial charge in [-0.2, -0.15) is 0 Å². The molecule has 0 aliphatic rings. The topological polar surface area (TPSA) is 47.0 Å². The van der Waals surface area contributed by atoms with Gasteiger partial charge in [0.1, 0.15) is 0 Å². The van der Waals surface area contributed by atoms with E-state index in [1.54, 1.807) is 6.07 Å². The van der Waals surface area contributed by atoms with Crippen LogP contribution in [-0.2, 0) is 9.05 Å². The van der Waals surface area contributed by atoms with Crippen LogP contribution in [-0.4, -0.2) is 13.4 Å². The Bertz CT molecular complexity index is 346. The van der Waals surface area contributed by atoms with Gasteiger partial charge in [-0.25, -0.2) is 13.4 Å². The van der Waals surface area contributed by atoms with E-state index in [-0.39, 0.29) is 17.4 Å². The van der Waals surface area contributed by atoms with Crippen molar-refractivity contribution < 1.29 is 8.42 Å². The Kier molecular flexibility index (Phi) is 3.96. The number of rotatable bonds is 1. The summed E-state index contributed by atoms with van der Waals surface area (Å²) in [5.41, 5.74) is 0.897. The van der Waals surface area contributed by atoms with E-state index in [1.165, 1.54) is 12.3 Å². The highest BCUT2D eigenvalue weighted by molar-refractivity contribution is 8.13. The van der Waals surface area contributed by atoms with Crippen molar-refractivity contribution in [2.45, 2.75) is 11.9 Å². The summed E-state index contributed by atoms with van der Waals surface area (Å²) in [5, 5.41) is -0.107. The number of aromatic nitrogens is 1. The first-order valence-corrected chi connectivity index (χ1v) is 5.18. The minimum absolute atomic E-state index is 0. The number of hydrogen-bond donors (Lipinski definition) is 0. The molecule has 12 heavy (non-hydrogen) atoms. The fourth-order valence-electron chi connectivity index (χ4n) is 0.598. The van der Waals surface area contributed by atoms with Gasteiger partial charge in [0.05, 0.1) is 0 Å². The van der Waals surface area contributed by atoms with Crippen molar-refractivity contribution in [3.63, 3.8) is 0 Å². The summed E-state index contributed by atoms with van der Waals surface area (Å²) in [6, 6.07) is 3.01. The molecule has 0 saturated carbocycles. The van der Waals surface area contributed by atoms with Crippen LogP contribution in [0.4, 0.5) is 0 Å². The molecule has 0 aromatic carbocycles. The molecule has 0 saturated heterocycles. The first-order chi connectivity index (χ1) is 5.00. The molecule has 3 nitrogen and oxygen atoms in total. The Balaban J connectivity index is 0.00000121. The Labute approximate surface area is 81.6 Å². The maximum Gasteiger partial charge on any atom is 0.278 e. The fourth-order valence-corrected chi connectivity index (χ4v) is 1.28. The van der Waals surface area contributed by atoms with E-state index in [9.17, 15) is 8.42 Å². The van der Waals surface area contributed by atoms with Crippen LogP contribution in [0.2, 0.25) is 0 Å².